The number of benzene rings is 3. The van der Waals surface area contributed by atoms with Crippen molar-refractivity contribution in [1.29, 1.82) is 0 Å². The zero-order valence-corrected chi connectivity index (χ0v) is 20.8. The summed E-state index contributed by atoms with van der Waals surface area (Å²) in [6.45, 7) is 12.8. The molecule has 0 amide bonds. The van der Waals surface area contributed by atoms with Crippen LogP contribution in [0.4, 0.5) is 0 Å². The molecule has 2 nitrogen and oxygen atoms in total. The summed E-state index contributed by atoms with van der Waals surface area (Å²) >= 11 is 0. The average Bonchev–Trinajstić information content (AvgIpc) is 2.91. The largest absolute Gasteiger partial charge is 0.341 e. The van der Waals surface area contributed by atoms with Crippen molar-refractivity contribution in [3.63, 3.8) is 0 Å². The second-order valence-electron chi connectivity index (χ2n) is 8.48. The van der Waals surface area contributed by atoms with E-state index in [0.29, 0.717) is 0 Å². The van der Waals surface area contributed by atoms with Gasteiger partial charge in [-0.15, -0.1) is 5.73 Å². The molecule has 2 heteroatoms. The standard InChI is InChI=1S/C33H32N2/c1-6-15-29-32(28-22-20-25(7-2)21-23-28)30(8-3)35(5)33(34-29)31(27-18-13-10-14-19-27)24(4)26-16-11-9-12-17-26/h6,9-23,34H,3-4,7H2,1-2,5H3/b15-6-,33-31+. The number of hydrogen-bond donors (Lipinski definition) is 1. The van der Waals surface area contributed by atoms with E-state index in [-0.39, 0.29) is 0 Å². The average molecular weight is 457 g/mol. The van der Waals surface area contributed by atoms with Crippen LogP contribution in [0.2, 0.25) is 0 Å². The van der Waals surface area contributed by atoms with E-state index in [1.165, 1.54) is 5.56 Å². The van der Waals surface area contributed by atoms with E-state index in [2.05, 4.69) is 116 Å². The lowest BCUT2D eigenvalue weighted by Gasteiger charge is -2.36. The summed E-state index contributed by atoms with van der Waals surface area (Å²) in [6, 6.07) is 29.5. The van der Waals surface area contributed by atoms with Gasteiger partial charge >= 0.3 is 0 Å². The monoisotopic (exact) mass is 456 g/mol. The van der Waals surface area contributed by atoms with Crippen molar-refractivity contribution in [1.82, 2.24) is 10.2 Å². The summed E-state index contributed by atoms with van der Waals surface area (Å²) in [4.78, 5) is 2.14. The fourth-order valence-electron chi connectivity index (χ4n) is 4.45. The van der Waals surface area contributed by atoms with E-state index in [9.17, 15) is 0 Å². The predicted molar refractivity (Wildman–Crippen MR) is 150 cm³/mol. The van der Waals surface area contributed by atoms with Crippen molar-refractivity contribution in [3.05, 3.63) is 155 Å². The highest BCUT2D eigenvalue weighted by atomic mass is 15.3. The summed E-state index contributed by atoms with van der Waals surface area (Å²) in [5.41, 5.74) is 12.8. The van der Waals surface area contributed by atoms with Crippen molar-refractivity contribution in [2.75, 3.05) is 7.05 Å². The highest BCUT2D eigenvalue weighted by molar-refractivity contribution is 6.05. The molecule has 1 N–H and O–H groups in total. The second-order valence-corrected chi connectivity index (χ2v) is 8.48. The Bertz CT molecular complexity index is 1350. The first-order valence-electron chi connectivity index (χ1n) is 12.0. The summed E-state index contributed by atoms with van der Waals surface area (Å²) in [7, 11) is 2.06. The number of nitrogens with one attached hydrogen (secondary N) is 1. The predicted octanol–water partition coefficient (Wildman–Crippen LogP) is 7.82. The minimum atomic E-state index is 0.922. The summed E-state index contributed by atoms with van der Waals surface area (Å²) in [5, 5.41) is 3.74. The Kier molecular flexibility index (Phi) is 7.35. The van der Waals surface area contributed by atoms with Crippen molar-refractivity contribution in [2.24, 2.45) is 0 Å². The minimum absolute atomic E-state index is 0.922. The van der Waals surface area contributed by atoms with Gasteiger partial charge in [-0.3, -0.25) is 0 Å². The maximum absolute atomic E-state index is 4.53. The van der Waals surface area contributed by atoms with E-state index in [4.69, 9.17) is 0 Å². The van der Waals surface area contributed by atoms with E-state index in [1.807, 2.05) is 31.2 Å². The molecule has 0 aliphatic carbocycles. The van der Waals surface area contributed by atoms with Gasteiger partial charge in [-0.25, -0.2) is 0 Å². The van der Waals surface area contributed by atoms with Gasteiger partial charge < -0.3 is 10.2 Å². The van der Waals surface area contributed by atoms with Gasteiger partial charge in [0.1, 0.15) is 5.82 Å². The first kappa shape index (κ1) is 23.9. The number of hydrogen-bond acceptors (Lipinski definition) is 2. The summed E-state index contributed by atoms with van der Waals surface area (Å²) in [6.07, 6.45) is 5.18. The van der Waals surface area contributed by atoms with E-state index >= 15 is 0 Å². The Labute approximate surface area is 209 Å². The van der Waals surface area contributed by atoms with Crippen LogP contribution in [0.15, 0.2) is 133 Å². The number of likely N-dealkylation sites (N-methyl/N-ethyl adjacent to an activating group) is 1. The van der Waals surface area contributed by atoms with E-state index in [1.54, 1.807) is 0 Å². The van der Waals surface area contributed by atoms with Crippen LogP contribution in [0.5, 0.6) is 0 Å². The summed E-state index contributed by atoms with van der Waals surface area (Å²) < 4.78 is 0. The SMILES string of the molecule is C=C=C1C(c2ccc(CC)cc2)=C(/C=C\C)N/C(=C(/C(=C)c2ccccc2)c2ccccc2)N1C. The molecule has 1 aliphatic heterocycles. The molecule has 35 heavy (non-hydrogen) atoms. The van der Waals surface area contributed by atoms with Gasteiger partial charge in [0, 0.05) is 23.9 Å². The number of rotatable bonds is 6. The van der Waals surface area contributed by atoms with Gasteiger partial charge in [0.2, 0.25) is 0 Å². The molecule has 0 fully saturated rings. The number of aryl methyl sites for hydroxylation is 1. The molecular formula is C33H32N2. The Morgan fingerprint density at radius 2 is 1.51 bits per heavy atom. The first-order valence-corrected chi connectivity index (χ1v) is 12.0. The van der Waals surface area contributed by atoms with Crippen LogP contribution in [0, 0.1) is 0 Å². The van der Waals surface area contributed by atoms with Crippen molar-refractivity contribution >= 4 is 16.7 Å². The molecule has 0 saturated heterocycles. The van der Waals surface area contributed by atoms with Gasteiger partial charge in [0.05, 0.1) is 5.70 Å². The first-order chi connectivity index (χ1) is 17.1. The van der Waals surface area contributed by atoms with Gasteiger partial charge in [0.15, 0.2) is 0 Å². The molecule has 1 heterocycles. The molecule has 0 unspecified atom stereocenters. The molecule has 0 aromatic heterocycles. The molecular weight excluding hydrogens is 424 g/mol. The lowest BCUT2D eigenvalue weighted by atomic mass is 9.91. The van der Waals surface area contributed by atoms with Crippen LogP contribution in [0.1, 0.15) is 36.1 Å². The summed E-state index contributed by atoms with van der Waals surface area (Å²) in [5.74, 6) is 0.943. The van der Waals surface area contributed by atoms with Crippen LogP contribution in [-0.2, 0) is 6.42 Å². The third-order valence-electron chi connectivity index (χ3n) is 6.30. The van der Waals surface area contributed by atoms with Gasteiger partial charge in [-0.2, -0.15) is 0 Å². The van der Waals surface area contributed by atoms with Crippen LogP contribution in [0.3, 0.4) is 0 Å². The Hall–Kier alpha value is -4.26. The Balaban J connectivity index is 1.97. The molecule has 0 atom stereocenters. The fourth-order valence-corrected chi connectivity index (χ4v) is 4.45. The lowest BCUT2D eigenvalue weighted by molar-refractivity contribution is 0.495. The zero-order chi connectivity index (χ0) is 24.8. The highest BCUT2D eigenvalue weighted by Gasteiger charge is 2.28. The van der Waals surface area contributed by atoms with Crippen molar-refractivity contribution in [3.8, 4) is 0 Å². The minimum Gasteiger partial charge on any atom is -0.341 e. The second kappa shape index (κ2) is 10.8. The topological polar surface area (TPSA) is 15.3 Å². The van der Waals surface area contributed by atoms with Gasteiger partial charge in [-0.05, 0) is 47.2 Å². The Morgan fingerprint density at radius 3 is 2.06 bits per heavy atom. The molecule has 4 rings (SSSR count). The molecule has 174 valence electrons. The molecule has 0 bridgehead atoms. The van der Waals surface area contributed by atoms with Crippen LogP contribution in [-0.4, -0.2) is 11.9 Å². The van der Waals surface area contributed by atoms with Crippen LogP contribution >= 0.6 is 0 Å². The Morgan fingerprint density at radius 1 is 0.914 bits per heavy atom. The van der Waals surface area contributed by atoms with E-state index in [0.717, 1.165) is 57.0 Å². The fraction of sp³-hybridized carbons (Fsp3) is 0.121. The molecule has 3 aromatic carbocycles. The highest BCUT2D eigenvalue weighted by Crippen LogP contribution is 2.40. The third kappa shape index (κ3) is 4.84. The molecule has 3 aromatic rings. The van der Waals surface area contributed by atoms with Crippen molar-refractivity contribution < 1.29 is 0 Å². The number of nitrogens with zero attached hydrogens (tertiary/aromatic N) is 1. The molecule has 1 aliphatic rings. The van der Waals surface area contributed by atoms with Gasteiger partial charge in [0.25, 0.3) is 0 Å². The van der Waals surface area contributed by atoms with Gasteiger partial charge in [-0.1, -0.05) is 111 Å². The maximum atomic E-state index is 4.53. The molecule has 0 saturated carbocycles. The maximum Gasteiger partial charge on any atom is 0.119 e. The zero-order valence-electron chi connectivity index (χ0n) is 20.8. The number of allylic oxidation sites excluding steroid dienone is 5. The van der Waals surface area contributed by atoms with Crippen LogP contribution in [0.25, 0.3) is 16.7 Å². The smallest absolute Gasteiger partial charge is 0.119 e. The van der Waals surface area contributed by atoms with Crippen molar-refractivity contribution in [2.45, 2.75) is 20.3 Å². The van der Waals surface area contributed by atoms with E-state index < -0.39 is 0 Å². The normalized spacial score (nSPS) is 15.2. The lowest BCUT2D eigenvalue weighted by Crippen LogP contribution is -2.35. The van der Waals surface area contributed by atoms with Crippen LogP contribution < -0.4 is 5.32 Å². The quantitative estimate of drug-likeness (QED) is 0.380. The molecule has 0 spiro atoms. The molecule has 0 radical (unpaired) electrons. The third-order valence-corrected chi connectivity index (χ3v) is 6.30.